The molecule has 0 radical (unpaired) electrons. The molecule has 2 aromatic heterocycles. The number of allylic oxidation sites excluding steroid dienone is 1. The normalized spacial score (nSPS) is 23.3. The van der Waals surface area contributed by atoms with Gasteiger partial charge in [-0.05, 0) is 79.9 Å². The van der Waals surface area contributed by atoms with Crippen molar-refractivity contribution < 1.29 is 9.21 Å². The molecule has 34 heavy (non-hydrogen) atoms. The van der Waals surface area contributed by atoms with Crippen molar-refractivity contribution in [3.63, 3.8) is 0 Å². The minimum Gasteiger partial charge on any atom is -0.472 e. The van der Waals surface area contributed by atoms with E-state index in [1.807, 2.05) is 16.8 Å². The largest absolute Gasteiger partial charge is 0.472 e. The highest BCUT2D eigenvalue weighted by atomic mass is 35.5. The van der Waals surface area contributed by atoms with E-state index in [1.54, 1.807) is 24.7 Å². The molecule has 2 aliphatic carbocycles. The number of fused-ring (bicyclic) bond motifs is 2. The first-order valence-corrected chi connectivity index (χ1v) is 12.7. The predicted molar refractivity (Wildman–Crippen MR) is 133 cm³/mol. The molecule has 1 aromatic carbocycles. The van der Waals surface area contributed by atoms with Crippen LogP contribution in [0.2, 0.25) is 10.0 Å². The summed E-state index contributed by atoms with van der Waals surface area (Å²) in [5.41, 5.74) is 8.31. The fourth-order valence-electron chi connectivity index (χ4n) is 5.82. The summed E-state index contributed by atoms with van der Waals surface area (Å²) in [6.45, 7) is 1.85. The van der Waals surface area contributed by atoms with Gasteiger partial charge in [0, 0.05) is 29.2 Å². The zero-order chi connectivity index (χ0) is 23.2. The molecule has 1 N–H and O–H groups in total. The van der Waals surface area contributed by atoms with E-state index in [4.69, 9.17) is 32.7 Å². The third kappa shape index (κ3) is 3.98. The molecule has 1 amide bonds. The number of hydrazine groups is 1. The SMILES string of the molecule is O=C(NN1CC2CCCC2C1)c1nn(-c2ccc(Cl)cc2Cl)c2c1CCC/C2=C\c1ccoc1. The van der Waals surface area contributed by atoms with Crippen molar-refractivity contribution in [1.82, 2.24) is 20.2 Å². The first-order valence-electron chi connectivity index (χ1n) is 11.9. The molecule has 1 aliphatic heterocycles. The van der Waals surface area contributed by atoms with Gasteiger partial charge in [-0.25, -0.2) is 9.69 Å². The van der Waals surface area contributed by atoms with Crippen LogP contribution in [-0.4, -0.2) is 33.8 Å². The van der Waals surface area contributed by atoms with Crippen molar-refractivity contribution in [3.8, 4) is 5.69 Å². The lowest BCUT2D eigenvalue weighted by Gasteiger charge is -2.20. The zero-order valence-electron chi connectivity index (χ0n) is 18.8. The molecule has 2 atom stereocenters. The van der Waals surface area contributed by atoms with E-state index in [-0.39, 0.29) is 5.91 Å². The van der Waals surface area contributed by atoms with Crippen LogP contribution in [0.15, 0.2) is 41.2 Å². The molecule has 176 valence electrons. The molecule has 2 fully saturated rings. The van der Waals surface area contributed by atoms with Crippen LogP contribution < -0.4 is 5.43 Å². The number of benzene rings is 1. The van der Waals surface area contributed by atoms with E-state index in [9.17, 15) is 4.79 Å². The van der Waals surface area contributed by atoms with Crippen molar-refractivity contribution in [1.29, 1.82) is 0 Å². The summed E-state index contributed by atoms with van der Waals surface area (Å²) in [5, 5.41) is 7.97. The molecule has 0 spiro atoms. The summed E-state index contributed by atoms with van der Waals surface area (Å²) in [6.07, 6.45) is 11.9. The third-order valence-electron chi connectivity index (χ3n) is 7.38. The average Bonchev–Trinajstić information content (AvgIpc) is 3.58. The second-order valence-corrected chi connectivity index (χ2v) is 10.4. The van der Waals surface area contributed by atoms with Gasteiger partial charge in [0.25, 0.3) is 5.91 Å². The average molecular weight is 497 g/mol. The third-order valence-corrected chi connectivity index (χ3v) is 7.92. The number of nitrogens with zero attached hydrogens (tertiary/aromatic N) is 3. The minimum atomic E-state index is -0.148. The number of aromatic nitrogens is 2. The topological polar surface area (TPSA) is 63.3 Å². The number of furan rings is 1. The van der Waals surface area contributed by atoms with Crippen LogP contribution >= 0.6 is 23.2 Å². The van der Waals surface area contributed by atoms with Crippen LogP contribution in [0.5, 0.6) is 0 Å². The second-order valence-electron chi connectivity index (χ2n) is 9.56. The van der Waals surface area contributed by atoms with Crippen molar-refractivity contribution in [3.05, 3.63) is 69.4 Å². The number of nitrogens with one attached hydrogen (secondary N) is 1. The Labute approximate surface area is 208 Å². The van der Waals surface area contributed by atoms with Crippen LogP contribution in [0.1, 0.15) is 59.4 Å². The Morgan fingerprint density at radius 1 is 1.12 bits per heavy atom. The van der Waals surface area contributed by atoms with E-state index in [1.165, 1.54) is 19.3 Å². The molecular formula is C26H26Cl2N4O2. The van der Waals surface area contributed by atoms with Gasteiger partial charge in [0.1, 0.15) is 0 Å². The van der Waals surface area contributed by atoms with Gasteiger partial charge in [0.2, 0.25) is 0 Å². The van der Waals surface area contributed by atoms with Crippen molar-refractivity contribution in [2.45, 2.75) is 38.5 Å². The lowest BCUT2D eigenvalue weighted by molar-refractivity contribution is 0.0807. The number of rotatable bonds is 4. The number of hydrogen-bond donors (Lipinski definition) is 1. The summed E-state index contributed by atoms with van der Waals surface area (Å²) in [5.74, 6) is 1.25. The van der Waals surface area contributed by atoms with Gasteiger partial charge >= 0.3 is 0 Å². The van der Waals surface area contributed by atoms with Crippen LogP contribution in [0.4, 0.5) is 0 Å². The van der Waals surface area contributed by atoms with E-state index in [2.05, 4.69) is 16.5 Å². The van der Waals surface area contributed by atoms with Gasteiger partial charge in [-0.3, -0.25) is 10.2 Å². The highest BCUT2D eigenvalue weighted by Crippen LogP contribution is 2.39. The maximum absolute atomic E-state index is 13.5. The number of amides is 1. The molecule has 8 heteroatoms. The number of halogens is 2. The molecule has 0 bridgehead atoms. The first kappa shape index (κ1) is 22.0. The number of carbonyl (C=O) groups is 1. The van der Waals surface area contributed by atoms with Gasteiger partial charge in [-0.15, -0.1) is 0 Å². The van der Waals surface area contributed by atoms with Crippen LogP contribution in [-0.2, 0) is 6.42 Å². The Kier molecular flexibility index (Phi) is 5.76. The Balaban J connectivity index is 1.41. The Morgan fingerprint density at radius 2 is 1.94 bits per heavy atom. The smallest absolute Gasteiger partial charge is 0.286 e. The molecule has 3 aliphatic rings. The van der Waals surface area contributed by atoms with Gasteiger partial charge in [0.15, 0.2) is 5.69 Å². The summed E-state index contributed by atoms with van der Waals surface area (Å²) < 4.78 is 7.08. The predicted octanol–water partition coefficient (Wildman–Crippen LogP) is 6.03. The lowest BCUT2D eigenvalue weighted by Crippen LogP contribution is -2.41. The minimum absolute atomic E-state index is 0.148. The highest BCUT2D eigenvalue weighted by Gasteiger charge is 2.37. The molecule has 6 rings (SSSR count). The summed E-state index contributed by atoms with van der Waals surface area (Å²) >= 11 is 12.7. The Morgan fingerprint density at radius 3 is 2.68 bits per heavy atom. The molecular weight excluding hydrogens is 471 g/mol. The summed E-state index contributed by atoms with van der Waals surface area (Å²) in [6, 6.07) is 7.28. The summed E-state index contributed by atoms with van der Waals surface area (Å²) in [7, 11) is 0. The molecule has 1 saturated heterocycles. The Hall–Kier alpha value is -2.54. The van der Waals surface area contributed by atoms with Crippen molar-refractivity contribution in [2.75, 3.05) is 13.1 Å². The van der Waals surface area contributed by atoms with Crippen molar-refractivity contribution >= 4 is 40.8 Å². The highest BCUT2D eigenvalue weighted by molar-refractivity contribution is 6.35. The molecule has 2 unspecified atom stereocenters. The standard InChI is InChI=1S/C26H26Cl2N4O2/c27-20-7-8-23(22(28)12-20)32-25-17(11-16-9-10-34-15-16)3-2-6-21(25)24(29-32)26(33)30-31-13-18-4-1-5-19(18)14-31/h7-12,15,18-19H,1-6,13-14H2,(H,30,33)/b17-11+. The fraction of sp³-hybridized carbons (Fsp3) is 0.385. The molecule has 3 aromatic rings. The van der Waals surface area contributed by atoms with E-state index in [0.29, 0.717) is 33.3 Å². The maximum Gasteiger partial charge on any atom is 0.286 e. The van der Waals surface area contributed by atoms with Crippen LogP contribution in [0.3, 0.4) is 0 Å². The Bertz CT molecular complexity index is 1250. The van der Waals surface area contributed by atoms with Gasteiger partial charge < -0.3 is 4.42 Å². The zero-order valence-corrected chi connectivity index (χ0v) is 20.3. The van der Waals surface area contributed by atoms with E-state index >= 15 is 0 Å². The van der Waals surface area contributed by atoms with E-state index in [0.717, 1.165) is 54.7 Å². The monoisotopic (exact) mass is 496 g/mol. The van der Waals surface area contributed by atoms with Gasteiger partial charge in [-0.1, -0.05) is 29.6 Å². The van der Waals surface area contributed by atoms with Crippen LogP contribution in [0.25, 0.3) is 17.3 Å². The summed E-state index contributed by atoms with van der Waals surface area (Å²) in [4.78, 5) is 13.5. The lowest BCUT2D eigenvalue weighted by atomic mass is 9.90. The first-order chi connectivity index (χ1) is 16.6. The van der Waals surface area contributed by atoms with Crippen LogP contribution in [0, 0.1) is 11.8 Å². The molecule has 1 saturated carbocycles. The maximum atomic E-state index is 13.5. The molecule has 6 nitrogen and oxygen atoms in total. The van der Waals surface area contributed by atoms with E-state index < -0.39 is 0 Å². The molecule has 3 heterocycles. The number of carbonyl (C=O) groups excluding carboxylic acids is 1. The van der Waals surface area contributed by atoms with Gasteiger partial charge in [0.05, 0.1) is 28.9 Å². The second kappa shape index (κ2) is 8.91. The quantitative estimate of drug-likeness (QED) is 0.479. The van der Waals surface area contributed by atoms with Crippen molar-refractivity contribution in [2.24, 2.45) is 11.8 Å². The fourth-order valence-corrected chi connectivity index (χ4v) is 6.31. The van der Waals surface area contributed by atoms with Gasteiger partial charge in [-0.2, -0.15) is 5.10 Å². The number of hydrogen-bond acceptors (Lipinski definition) is 4.